The topological polar surface area (TPSA) is 21.3 Å². The Morgan fingerprint density at radius 3 is 2.58 bits per heavy atom. The first kappa shape index (κ1) is 12.2. The maximum absolute atomic E-state index is 5.37. The van der Waals surface area contributed by atoms with Crippen LogP contribution < -0.4 is 10.1 Å². The molecule has 98 valence electrons. The minimum absolute atomic E-state index is 0.604. The van der Waals surface area contributed by atoms with Gasteiger partial charge in [0.2, 0.25) is 0 Å². The van der Waals surface area contributed by atoms with Crippen LogP contribution in [0.4, 0.5) is 0 Å². The zero-order valence-corrected chi connectivity index (χ0v) is 11.2. The Hall–Kier alpha value is -1.80. The molecule has 0 radical (unpaired) electrons. The van der Waals surface area contributed by atoms with Gasteiger partial charge in [-0.1, -0.05) is 48.5 Å². The first-order valence-corrected chi connectivity index (χ1v) is 6.78. The summed E-state index contributed by atoms with van der Waals surface area (Å²) in [5.74, 6) is 1.64. The van der Waals surface area contributed by atoms with Crippen molar-refractivity contribution >= 4 is 0 Å². The van der Waals surface area contributed by atoms with E-state index in [4.69, 9.17) is 4.74 Å². The van der Waals surface area contributed by atoms with Gasteiger partial charge in [0, 0.05) is 24.1 Å². The van der Waals surface area contributed by atoms with Gasteiger partial charge < -0.3 is 10.1 Å². The summed E-state index contributed by atoms with van der Waals surface area (Å²) in [6.45, 7) is 0.873. The van der Waals surface area contributed by atoms with Crippen molar-refractivity contribution in [2.24, 2.45) is 0 Å². The Morgan fingerprint density at radius 2 is 1.79 bits per heavy atom. The monoisotopic (exact) mass is 253 g/mol. The van der Waals surface area contributed by atoms with Gasteiger partial charge in [-0.15, -0.1) is 0 Å². The van der Waals surface area contributed by atoms with Gasteiger partial charge >= 0.3 is 0 Å². The average molecular weight is 253 g/mol. The molecule has 1 fully saturated rings. The highest BCUT2D eigenvalue weighted by atomic mass is 16.5. The van der Waals surface area contributed by atoms with Crippen molar-refractivity contribution in [3.05, 3.63) is 65.7 Å². The molecule has 2 nitrogen and oxygen atoms in total. The van der Waals surface area contributed by atoms with Crippen LogP contribution in [-0.2, 0) is 6.54 Å². The van der Waals surface area contributed by atoms with Crippen LogP contribution in [0.5, 0.6) is 5.75 Å². The standard InChI is InChI=1S/C17H19NO/c1-19-17-10-6-5-9-14(17)12-18-16-11-15(16)13-7-3-2-4-8-13/h2-10,15-16,18H,11-12H2,1H3/t15-,16-/m1/s1. The number of hydrogen-bond acceptors (Lipinski definition) is 2. The second kappa shape index (κ2) is 5.45. The molecule has 0 amide bonds. The molecule has 2 atom stereocenters. The summed E-state index contributed by atoms with van der Waals surface area (Å²) in [5, 5.41) is 3.62. The largest absolute Gasteiger partial charge is 0.496 e. The molecule has 0 heterocycles. The van der Waals surface area contributed by atoms with Gasteiger partial charge in [0.05, 0.1) is 7.11 Å². The van der Waals surface area contributed by atoms with E-state index >= 15 is 0 Å². The molecule has 0 saturated heterocycles. The van der Waals surface area contributed by atoms with E-state index in [0.29, 0.717) is 12.0 Å². The summed E-state index contributed by atoms with van der Waals surface area (Å²) in [6, 6.07) is 19.5. The van der Waals surface area contributed by atoms with Crippen molar-refractivity contribution in [1.29, 1.82) is 0 Å². The molecule has 19 heavy (non-hydrogen) atoms. The van der Waals surface area contributed by atoms with E-state index in [2.05, 4.69) is 47.8 Å². The van der Waals surface area contributed by atoms with Crippen LogP contribution in [0.25, 0.3) is 0 Å². The van der Waals surface area contributed by atoms with E-state index in [1.54, 1.807) is 7.11 Å². The maximum atomic E-state index is 5.37. The van der Waals surface area contributed by atoms with Crippen molar-refractivity contribution in [3.8, 4) is 5.75 Å². The zero-order chi connectivity index (χ0) is 13.1. The van der Waals surface area contributed by atoms with Crippen molar-refractivity contribution in [2.75, 3.05) is 7.11 Å². The average Bonchev–Trinajstić information content (AvgIpc) is 3.26. The minimum Gasteiger partial charge on any atom is -0.496 e. The molecule has 1 aliphatic rings. The van der Waals surface area contributed by atoms with E-state index in [1.807, 2.05) is 12.1 Å². The van der Waals surface area contributed by atoms with Crippen molar-refractivity contribution in [2.45, 2.75) is 24.9 Å². The molecule has 1 aliphatic carbocycles. The molecule has 0 aromatic heterocycles. The molecule has 0 bridgehead atoms. The Bertz CT molecular complexity index is 538. The quantitative estimate of drug-likeness (QED) is 0.882. The number of ether oxygens (including phenoxy) is 1. The number of rotatable bonds is 5. The van der Waals surface area contributed by atoms with E-state index < -0.39 is 0 Å². The fourth-order valence-corrected chi connectivity index (χ4v) is 2.58. The first-order chi connectivity index (χ1) is 9.38. The van der Waals surface area contributed by atoms with Gasteiger partial charge in [0.25, 0.3) is 0 Å². The molecule has 0 aliphatic heterocycles. The van der Waals surface area contributed by atoms with E-state index in [-0.39, 0.29) is 0 Å². The van der Waals surface area contributed by atoms with Crippen LogP contribution in [-0.4, -0.2) is 13.2 Å². The number of nitrogens with one attached hydrogen (secondary N) is 1. The molecule has 2 aromatic carbocycles. The number of methoxy groups -OCH3 is 1. The third kappa shape index (κ3) is 2.79. The van der Waals surface area contributed by atoms with Crippen LogP contribution in [0.2, 0.25) is 0 Å². The molecular weight excluding hydrogens is 234 g/mol. The molecule has 1 N–H and O–H groups in total. The van der Waals surface area contributed by atoms with Gasteiger partial charge in [-0.2, -0.15) is 0 Å². The van der Waals surface area contributed by atoms with Gasteiger partial charge in [-0.3, -0.25) is 0 Å². The fraction of sp³-hybridized carbons (Fsp3) is 0.294. The normalized spacial score (nSPS) is 21.1. The van der Waals surface area contributed by atoms with Gasteiger partial charge in [0.15, 0.2) is 0 Å². The van der Waals surface area contributed by atoms with Crippen LogP contribution in [0.1, 0.15) is 23.5 Å². The Morgan fingerprint density at radius 1 is 1.05 bits per heavy atom. The molecule has 2 heteroatoms. The van der Waals surface area contributed by atoms with E-state index in [9.17, 15) is 0 Å². The maximum Gasteiger partial charge on any atom is 0.123 e. The lowest BCUT2D eigenvalue weighted by molar-refractivity contribution is 0.407. The molecule has 3 rings (SSSR count). The van der Waals surface area contributed by atoms with E-state index in [1.165, 1.54) is 17.5 Å². The second-order valence-electron chi connectivity index (χ2n) is 5.05. The zero-order valence-electron chi connectivity index (χ0n) is 11.2. The number of para-hydroxylation sites is 1. The third-order valence-electron chi connectivity index (χ3n) is 3.77. The van der Waals surface area contributed by atoms with Gasteiger partial charge in [0.1, 0.15) is 5.75 Å². The van der Waals surface area contributed by atoms with Crippen LogP contribution in [0.15, 0.2) is 54.6 Å². The lowest BCUT2D eigenvalue weighted by Gasteiger charge is -2.09. The summed E-state index contributed by atoms with van der Waals surface area (Å²) in [5.41, 5.74) is 2.67. The Balaban J connectivity index is 1.57. The van der Waals surface area contributed by atoms with E-state index in [0.717, 1.165) is 12.3 Å². The van der Waals surface area contributed by atoms with Crippen molar-refractivity contribution in [1.82, 2.24) is 5.32 Å². The lowest BCUT2D eigenvalue weighted by atomic mass is 10.1. The fourth-order valence-electron chi connectivity index (χ4n) is 2.58. The lowest BCUT2D eigenvalue weighted by Crippen LogP contribution is -2.17. The Kier molecular flexibility index (Phi) is 3.51. The number of hydrogen-bond donors (Lipinski definition) is 1. The highest BCUT2D eigenvalue weighted by Crippen LogP contribution is 2.40. The number of benzene rings is 2. The van der Waals surface area contributed by atoms with Gasteiger partial charge in [-0.25, -0.2) is 0 Å². The smallest absolute Gasteiger partial charge is 0.123 e. The molecule has 1 saturated carbocycles. The highest BCUT2D eigenvalue weighted by molar-refractivity contribution is 5.34. The summed E-state index contributed by atoms with van der Waals surface area (Å²) in [4.78, 5) is 0. The SMILES string of the molecule is COc1ccccc1CN[C@@H]1C[C@@H]1c1ccccc1. The summed E-state index contributed by atoms with van der Waals surface area (Å²) in [7, 11) is 1.72. The van der Waals surface area contributed by atoms with Crippen LogP contribution in [0, 0.1) is 0 Å². The first-order valence-electron chi connectivity index (χ1n) is 6.78. The summed E-state index contributed by atoms with van der Waals surface area (Å²) < 4.78 is 5.37. The molecule has 2 aromatic rings. The summed E-state index contributed by atoms with van der Waals surface area (Å²) in [6.07, 6.45) is 1.24. The molecule has 0 unspecified atom stereocenters. The van der Waals surface area contributed by atoms with Crippen LogP contribution in [0.3, 0.4) is 0 Å². The van der Waals surface area contributed by atoms with Crippen molar-refractivity contribution in [3.63, 3.8) is 0 Å². The van der Waals surface area contributed by atoms with Crippen LogP contribution >= 0.6 is 0 Å². The summed E-state index contributed by atoms with van der Waals surface area (Å²) >= 11 is 0. The minimum atomic E-state index is 0.604. The molecule has 0 spiro atoms. The van der Waals surface area contributed by atoms with Gasteiger partial charge in [-0.05, 0) is 18.1 Å². The van der Waals surface area contributed by atoms with Crippen molar-refractivity contribution < 1.29 is 4.74 Å². The molecular formula is C17H19NO. The Labute approximate surface area is 114 Å². The third-order valence-corrected chi connectivity index (χ3v) is 3.77. The predicted molar refractivity (Wildman–Crippen MR) is 77.4 cm³/mol. The second-order valence-corrected chi connectivity index (χ2v) is 5.05. The predicted octanol–water partition coefficient (Wildman–Crippen LogP) is 3.34. The highest BCUT2D eigenvalue weighted by Gasteiger charge is 2.37.